The van der Waals surface area contributed by atoms with Crippen LogP contribution in [-0.4, -0.2) is 33.0 Å². The minimum absolute atomic E-state index is 0.310. The summed E-state index contributed by atoms with van der Waals surface area (Å²) in [5.74, 6) is 0.310. The number of nitrogens with two attached hydrogens (primary N) is 1. The SMILES string of the molecule is Cc1cn(N=Cc2cc(B(O)O)ccc2C)c(N)n1. The highest BCUT2D eigenvalue weighted by Crippen LogP contribution is 2.06. The van der Waals surface area contributed by atoms with Gasteiger partial charge in [-0.1, -0.05) is 18.2 Å². The topological polar surface area (TPSA) is 96.7 Å². The lowest BCUT2D eigenvalue weighted by Crippen LogP contribution is -2.30. The number of benzene rings is 1. The Bertz CT molecular complexity index is 622. The normalized spacial score (nSPS) is 11.2. The van der Waals surface area contributed by atoms with Crippen LogP contribution in [0.4, 0.5) is 5.95 Å². The predicted octanol–water partition coefficient (Wildman–Crippen LogP) is -0.356. The Balaban J connectivity index is 2.32. The summed E-state index contributed by atoms with van der Waals surface area (Å²) in [7, 11) is -1.49. The lowest BCUT2D eigenvalue weighted by Gasteiger charge is -2.04. The second-order valence-corrected chi connectivity index (χ2v) is 4.32. The van der Waals surface area contributed by atoms with Crippen LogP contribution in [0.15, 0.2) is 29.5 Å². The van der Waals surface area contributed by atoms with Gasteiger partial charge in [0.1, 0.15) is 0 Å². The van der Waals surface area contributed by atoms with Crippen molar-refractivity contribution in [3.63, 3.8) is 0 Å². The third-order valence-electron chi connectivity index (χ3n) is 2.76. The Kier molecular flexibility index (Phi) is 3.68. The molecule has 7 heteroatoms. The van der Waals surface area contributed by atoms with Crippen molar-refractivity contribution in [1.29, 1.82) is 0 Å². The van der Waals surface area contributed by atoms with Gasteiger partial charge in [-0.3, -0.25) is 0 Å². The lowest BCUT2D eigenvalue weighted by molar-refractivity contribution is 0.426. The number of nitrogen functional groups attached to an aromatic ring is 1. The van der Waals surface area contributed by atoms with Gasteiger partial charge in [-0.15, -0.1) is 0 Å². The minimum atomic E-state index is -1.49. The molecule has 0 saturated heterocycles. The first-order chi connectivity index (χ1) is 8.97. The maximum absolute atomic E-state index is 9.15. The van der Waals surface area contributed by atoms with Crippen LogP contribution in [0, 0.1) is 13.8 Å². The number of anilines is 1. The molecule has 1 aromatic carbocycles. The lowest BCUT2D eigenvalue weighted by atomic mass is 9.79. The molecule has 0 saturated carbocycles. The molecule has 0 spiro atoms. The molecule has 19 heavy (non-hydrogen) atoms. The van der Waals surface area contributed by atoms with Gasteiger partial charge in [0.25, 0.3) is 0 Å². The molecule has 0 radical (unpaired) electrons. The number of nitrogens with zero attached hydrogens (tertiary/aromatic N) is 3. The van der Waals surface area contributed by atoms with E-state index in [4.69, 9.17) is 15.8 Å². The van der Waals surface area contributed by atoms with Gasteiger partial charge in [-0.2, -0.15) is 5.10 Å². The second kappa shape index (κ2) is 5.25. The van der Waals surface area contributed by atoms with E-state index in [-0.39, 0.29) is 0 Å². The summed E-state index contributed by atoms with van der Waals surface area (Å²) in [5, 5.41) is 22.5. The van der Waals surface area contributed by atoms with Crippen LogP contribution in [0.1, 0.15) is 16.8 Å². The zero-order valence-electron chi connectivity index (χ0n) is 10.8. The maximum atomic E-state index is 9.15. The van der Waals surface area contributed by atoms with Crippen molar-refractivity contribution >= 4 is 24.7 Å². The van der Waals surface area contributed by atoms with Gasteiger partial charge in [0, 0.05) is 0 Å². The Morgan fingerprint density at radius 3 is 2.68 bits per heavy atom. The Morgan fingerprint density at radius 2 is 2.11 bits per heavy atom. The van der Waals surface area contributed by atoms with Crippen LogP contribution in [0.5, 0.6) is 0 Å². The molecule has 0 fully saturated rings. The summed E-state index contributed by atoms with van der Waals surface area (Å²) in [5.41, 5.74) is 8.65. The molecule has 2 aromatic rings. The number of rotatable bonds is 3. The van der Waals surface area contributed by atoms with Crippen LogP contribution in [0.25, 0.3) is 0 Å². The monoisotopic (exact) mass is 258 g/mol. The quantitative estimate of drug-likeness (QED) is 0.517. The van der Waals surface area contributed by atoms with Crippen LogP contribution >= 0.6 is 0 Å². The van der Waals surface area contributed by atoms with E-state index in [1.54, 1.807) is 30.6 Å². The number of aryl methyl sites for hydroxylation is 2. The zero-order valence-corrected chi connectivity index (χ0v) is 10.8. The average molecular weight is 258 g/mol. The summed E-state index contributed by atoms with van der Waals surface area (Å²) >= 11 is 0. The zero-order chi connectivity index (χ0) is 14.0. The van der Waals surface area contributed by atoms with E-state index in [9.17, 15) is 0 Å². The first kappa shape index (κ1) is 13.3. The van der Waals surface area contributed by atoms with Crippen molar-refractivity contribution in [3.8, 4) is 0 Å². The summed E-state index contributed by atoms with van der Waals surface area (Å²) in [4.78, 5) is 4.04. The molecule has 0 unspecified atom stereocenters. The Hall–Kier alpha value is -2.12. The van der Waals surface area contributed by atoms with Crippen molar-refractivity contribution in [3.05, 3.63) is 41.2 Å². The van der Waals surface area contributed by atoms with Crippen LogP contribution < -0.4 is 11.2 Å². The number of hydrogen-bond acceptors (Lipinski definition) is 5. The fourth-order valence-corrected chi connectivity index (χ4v) is 1.68. The van der Waals surface area contributed by atoms with E-state index in [1.165, 1.54) is 4.68 Å². The van der Waals surface area contributed by atoms with Crippen molar-refractivity contribution in [2.75, 3.05) is 5.73 Å². The second-order valence-electron chi connectivity index (χ2n) is 4.32. The summed E-state index contributed by atoms with van der Waals surface area (Å²) in [6, 6.07) is 5.13. The maximum Gasteiger partial charge on any atom is 0.488 e. The van der Waals surface area contributed by atoms with Crippen molar-refractivity contribution < 1.29 is 10.0 Å². The van der Waals surface area contributed by atoms with E-state index in [2.05, 4.69) is 10.1 Å². The molecule has 0 aliphatic heterocycles. The largest absolute Gasteiger partial charge is 0.488 e. The molecule has 1 aromatic heterocycles. The molecule has 0 atom stereocenters. The highest BCUT2D eigenvalue weighted by atomic mass is 16.4. The van der Waals surface area contributed by atoms with Crippen molar-refractivity contribution in [2.24, 2.45) is 5.10 Å². The summed E-state index contributed by atoms with van der Waals surface area (Å²) in [6.07, 6.45) is 3.32. The Morgan fingerprint density at radius 1 is 1.37 bits per heavy atom. The Labute approximate surface area is 111 Å². The van der Waals surface area contributed by atoms with Gasteiger partial charge >= 0.3 is 7.12 Å². The van der Waals surface area contributed by atoms with Crippen molar-refractivity contribution in [1.82, 2.24) is 9.66 Å². The number of hydrogen-bond donors (Lipinski definition) is 3. The highest BCUT2D eigenvalue weighted by Gasteiger charge is 2.11. The molecule has 6 nitrogen and oxygen atoms in total. The van der Waals surface area contributed by atoms with Gasteiger partial charge in [0.05, 0.1) is 18.1 Å². The molecule has 1 heterocycles. The van der Waals surface area contributed by atoms with E-state index < -0.39 is 7.12 Å². The highest BCUT2D eigenvalue weighted by molar-refractivity contribution is 6.58. The summed E-state index contributed by atoms with van der Waals surface area (Å²) in [6.45, 7) is 3.74. The van der Waals surface area contributed by atoms with Crippen LogP contribution in [-0.2, 0) is 0 Å². The molecule has 0 bridgehead atoms. The average Bonchev–Trinajstić information content (AvgIpc) is 2.66. The fraction of sp³-hybridized carbons (Fsp3) is 0.167. The molecule has 0 amide bonds. The molecule has 98 valence electrons. The molecule has 2 rings (SSSR count). The van der Waals surface area contributed by atoms with Gasteiger partial charge < -0.3 is 15.8 Å². The molecule has 0 aliphatic rings. The van der Waals surface area contributed by atoms with E-state index in [0.29, 0.717) is 11.4 Å². The predicted molar refractivity (Wildman–Crippen MR) is 75.4 cm³/mol. The van der Waals surface area contributed by atoms with Crippen LogP contribution in [0.3, 0.4) is 0 Å². The first-order valence-electron chi connectivity index (χ1n) is 5.80. The van der Waals surface area contributed by atoms with Gasteiger partial charge in [-0.05, 0) is 30.4 Å². The third kappa shape index (κ3) is 3.01. The number of aromatic nitrogens is 2. The standard InChI is InChI=1S/C12H15BN4O2/c1-8-3-4-11(13(18)19)5-10(8)6-15-17-7-9(2)16-12(17)14/h3-7,18-19H,1-2H3,(H2,14,16). The smallest absolute Gasteiger partial charge is 0.423 e. The minimum Gasteiger partial charge on any atom is -0.423 e. The molecular formula is C12H15BN4O2. The molecule has 4 N–H and O–H groups in total. The fourth-order valence-electron chi connectivity index (χ4n) is 1.68. The van der Waals surface area contributed by atoms with Gasteiger partial charge in [0.15, 0.2) is 0 Å². The summed E-state index contributed by atoms with van der Waals surface area (Å²) < 4.78 is 1.47. The number of imidazole rings is 1. The van der Waals surface area contributed by atoms with Gasteiger partial charge in [-0.25, -0.2) is 9.66 Å². The van der Waals surface area contributed by atoms with E-state index in [1.807, 2.05) is 13.8 Å². The van der Waals surface area contributed by atoms with E-state index >= 15 is 0 Å². The van der Waals surface area contributed by atoms with E-state index in [0.717, 1.165) is 16.8 Å². The van der Waals surface area contributed by atoms with Crippen LogP contribution in [0.2, 0.25) is 0 Å². The first-order valence-corrected chi connectivity index (χ1v) is 5.80. The molecule has 0 aliphatic carbocycles. The van der Waals surface area contributed by atoms with Crippen molar-refractivity contribution in [2.45, 2.75) is 13.8 Å². The molecular weight excluding hydrogens is 243 g/mol. The third-order valence-corrected chi connectivity index (χ3v) is 2.76. The van der Waals surface area contributed by atoms with Gasteiger partial charge in [0.2, 0.25) is 5.95 Å².